The minimum Gasteiger partial charge on any atom is -0.311 e. The summed E-state index contributed by atoms with van der Waals surface area (Å²) in [6.07, 6.45) is 14.3. The van der Waals surface area contributed by atoms with Gasteiger partial charge in [0, 0.05) is 50.1 Å². The van der Waals surface area contributed by atoms with Crippen LogP contribution < -0.4 is 9.80 Å². The van der Waals surface area contributed by atoms with E-state index < -0.39 is 0 Å². The van der Waals surface area contributed by atoms with Gasteiger partial charge < -0.3 is 9.80 Å². The van der Waals surface area contributed by atoms with E-state index in [0.717, 1.165) is 64.4 Å². The maximum Gasteiger partial charge on any atom is 0.0540 e. The molecule has 0 saturated heterocycles. The molecular formula is C103H86N2. The van der Waals surface area contributed by atoms with Gasteiger partial charge in [-0.3, -0.25) is 0 Å². The predicted octanol–water partition coefficient (Wildman–Crippen LogP) is 27.4. The topological polar surface area (TPSA) is 6.48 Å². The zero-order chi connectivity index (χ0) is 69.3. The summed E-state index contributed by atoms with van der Waals surface area (Å²) in [5.74, 6) is 6.89. The molecule has 0 amide bonds. The van der Waals surface area contributed by atoms with Crippen LogP contribution in [0.3, 0.4) is 0 Å². The van der Waals surface area contributed by atoms with Crippen molar-refractivity contribution in [2.75, 3.05) is 9.80 Å². The summed E-state index contributed by atoms with van der Waals surface area (Å²) in [5, 5.41) is 5.05. The van der Waals surface area contributed by atoms with Crippen LogP contribution in [0.15, 0.2) is 315 Å². The van der Waals surface area contributed by atoms with Gasteiger partial charge in [0.25, 0.3) is 0 Å². The van der Waals surface area contributed by atoms with Crippen molar-refractivity contribution in [1.82, 2.24) is 0 Å². The van der Waals surface area contributed by atoms with E-state index in [0.29, 0.717) is 0 Å². The Kier molecular flexibility index (Phi) is 13.9. The van der Waals surface area contributed by atoms with Gasteiger partial charge in [0.15, 0.2) is 0 Å². The summed E-state index contributed by atoms with van der Waals surface area (Å²) in [7, 11) is 0. The Morgan fingerprint density at radius 1 is 0.238 bits per heavy atom. The SMILES string of the molecule is CC1(C)c2ccccc2-c2ccc(N(c3ccc(-c4cccc5c4-c4ccccc4C54C5CC6CC(C5)CC4C6)cc3)c3cccc4ccccc34)cc21.c1ccc(N(c2ccc(-c3ccc4ccccc4c3)cc2)c2ccc(-c3cccc4c3-c3ccccc3C43C4CC5CC(C4)CC3C5)cc2)cc1. The van der Waals surface area contributed by atoms with Gasteiger partial charge in [0.2, 0.25) is 0 Å². The number of para-hydroxylation sites is 1. The molecule has 2 heteroatoms. The highest BCUT2D eigenvalue weighted by Gasteiger charge is 2.63. The number of hydrogen-bond donors (Lipinski definition) is 0. The van der Waals surface area contributed by atoms with Gasteiger partial charge in [-0.15, -0.1) is 0 Å². The quantitative estimate of drug-likeness (QED) is 0.142. The third kappa shape index (κ3) is 9.20. The molecule has 8 saturated carbocycles. The first-order chi connectivity index (χ1) is 51.7. The Balaban J connectivity index is 0.000000132. The van der Waals surface area contributed by atoms with Gasteiger partial charge in [-0.25, -0.2) is 0 Å². The first kappa shape index (κ1) is 61.7. The van der Waals surface area contributed by atoms with Crippen molar-refractivity contribution in [3.8, 4) is 66.8 Å². The van der Waals surface area contributed by atoms with E-state index in [2.05, 4.69) is 339 Å². The van der Waals surface area contributed by atoms with Crippen LogP contribution in [0.1, 0.15) is 111 Å². The zero-order valence-corrected chi connectivity index (χ0v) is 60.1. The first-order valence-electron chi connectivity index (χ1n) is 39.4. The minimum atomic E-state index is -0.0746. The molecule has 0 aliphatic heterocycles. The number of nitrogens with zero attached hydrogens (tertiary/aromatic N) is 2. The molecule has 0 aromatic heterocycles. The molecule has 14 aromatic carbocycles. The monoisotopic (exact) mass is 1350 g/mol. The van der Waals surface area contributed by atoms with E-state index in [1.54, 1.807) is 22.3 Å². The van der Waals surface area contributed by atoms with E-state index in [-0.39, 0.29) is 16.2 Å². The van der Waals surface area contributed by atoms with Gasteiger partial charge in [-0.1, -0.05) is 257 Å². The fourth-order valence-corrected chi connectivity index (χ4v) is 24.3. The third-order valence-corrected chi connectivity index (χ3v) is 28.1. The lowest BCUT2D eigenvalue weighted by Crippen LogP contribution is -2.55. The lowest BCUT2D eigenvalue weighted by atomic mass is 9.43. The van der Waals surface area contributed by atoms with E-state index in [4.69, 9.17) is 0 Å². The summed E-state index contributed by atoms with van der Waals surface area (Å²) in [6, 6.07) is 119. The fraction of sp³-hybridized carbons (Fsp3) is 0.223. The number of rotatable bonds is 9. The van der Waals surface area contributed by atoms with E-state index in [1.807, 2.05) is 0 Å². The van der Waals surface area contributed by atoms with Crippen LogP contribution in [-0.4, -0.2) is 0 Å². The molecule has 0 N–H and O–H groups in total. The molecule has 508 valence electrons. The molecule has 25 rings (SSSR count). The smallest absolute Gasteiger partial charge is 0.0540 e. The van der Waals surface area contributed by atoms with Crippen LogP contribution in [0.2, 0.25) is 0 Å². The van der Waals surface area contributed by atoms with Crippen LogP contribution in [0, 0.1) is 47.3 Å². The molecule has 0 heterocycles. The molecule has 2 spiro atoms. The van der Waals surface area contributed by atoms with Gasteiger partial charge in [-0.2, -0.15) is 0 Å². The molecule has 0 radical (unpaired) electrons. The van der Waals surface area contributed by atoms with Gasteiger partial charge in [0.1, 0.15) is 0 Å². The molecule has 0 atom stereocenters. The summed E-state index contributed by atoms with van der Waals surface area (Å²) >= 11 is 0. The lowest BCUT2D eigenvalue weighted by molar-refractivity contribution is -0.0399. The molecule has 8 fully saturated rings. The zero-order valence-electron chi connectivity index (χ0n) is 60.1. The highest BCUT2D eigenvalue weighted by Crippen LogP contribution is 2.72. The Hall–Kier alpha value is -10.8. The molecular weight excluding hydrogens is 1270 g/mol. The van der Waals surface area contributed by atoms with Gasteiger partial charge >= 0.3 is 0 Å². The lowest BCUT2D eigenvalue weighted by Gasteiger charge is -2.61. The molecule has 2 nitrogen and oxygen atoms in total. The average molecular weight is 1350 g/mol. The molecule has 14 aromatic rings. The summed E-state index contributed by atoms with van der Waals surface area (Å²) in [6.45, 7) is 4.75. The van der Waals surface area contributed by atoms with Crippen LogP contribution in [0.4, 0.5) is 34.1 Å². The second-order valence-electron chi connectivity index (χ2n) is 33.5. The van der Waals surface area contributed by atoms with Crippen molar-refractivity contribution < 1.29 is 0 Å². The number of benzene rings is 14. The van der Waals surface area contributed by atoms with E-state index >= 15 is 0 Å². The standard InChI is InChI=1S/C53H45N.C50H41N/c1-52(2)46-17-7-5-14-43(46)44-26-25-40(32-49(44)52)54(50-20-9-12-35-11-3-4-13-41(35)50)39-23-21-36(22-24-39)42-16-10-19-48-51(42)45-15-6-8-18-47(45)53(48)37-28-33-27-34(30-37)31-38(53)29-33;1-2-11-42(12-3-1)51(43-23-19-36(20-24-43)39-18-17-35-9-4-5-10-38(35)32-39)44-25-21-37(22-26-44)45-14-8-16-48-49(45)46-13-6-7-15-47(46)50(48)40-28-33-27-34(30-40)31-41(50)29-33/h3-26,32-34,37-38H,27-31H2,1-2H3;1-26,32-34,40-41H,27-31H2. The maximum atomic E-state index is 2.52. The molecule has 0 unspecified atom stereocenters. The van der Waals surface area contributed by atoms with Crippen molar-refractivity contribution in [3.63, 3.8) is 0 Å². The Bertz CT molecular complexity index is 5730. The van der Waals surface area contributed by atoms with Crippen molar-refractivity contribution in [2.24, 2.45) is 47.3 Å². The third-order valence-electron chi connectivity index (χ3n) is 28.1. The molecule has 8 bridgehead atoms. The summed E-state index contributed by atoms with van der Waals surface area (Å²) in [5.41, 5.74) is 33.1. The molecule has 105 heavy (non-hydrogen) atoms. The van der Waals surface area contributed by atoms with Crippen molar-refractivity contribution >= 4 is 55.7 Å². The van der Waals surface area contributed by atoms with Crippen molar-refractivity contribution in [3.05, 3.63) is 349 Å². The minimum absolute atomic E-state index is 0.0746. The summed E-state index contributed by atoms with van der Waals surface area (Å²) in [4.78, 5) is 4.86. The number of hydrogen-bond acceptors (Lipinski definition) is 2. The molecule has 11 aliphatic rings. The first-order valence-corrected chi connectivity index (χ1v) is 39.4. The average Bonchev–Trinajstić information content (AvgIpc) is 1.54. The van der Waals surface area contributed by atoms with Gasteiger partial charge in [0.05, 0.1) is 5.69 Å². The number of fused-ring (bicyclic) bond motifs is 11. The highest BCUT2D eigenvalue weighted by molar-refractivity contribution is 6.01. The second kappa shape index (κ2) is 23.6. The normalized spacial score (nSPS) is 24.2. The van der Waals surface area contributed by atoms with Crippen LogP contribution in [0.5, 0.6) is 0 Å². The largest absolute Gasteiger partial charge is 0.311 e. The van der Waals surface area contributed by atoms with E-state index in [9.17, 15) is 0 Å². The van der Waals surface area contributed by atoms with Crippen LogP contribution in [-0.2, 0) is 16.2 Å². The van der Waals surface area contributed by atoms with Crippen molar-refractivity contribution in [2.45, 2.75) is 94.3 Å². The van der Waals surface area contributed by atoms with Crippen LogP contribution >= 0.6 is 0 Å². The van der Waals surface area contributed by atoms with Crippen LogP contribution in [0.25, 0.3) is 88.3 Å². The fourth-order valence-electron chi connectivity index (χ4n) is 24.3. The number of anilines is 6. The predicted molar refractivity (Wildman–Crippen MR) is 438 cm³/mol. The summed E-state index contributed by atoms with van der Waals surface area (Å²) < 4.78 is 0. The molecule has 11 aliphatic carbocycles. The Morgan fingerprint density at radius 3 is 1.19 bits per heavy atom. The van der Waals surface area contributed by atoms with Gasteiger partial charge in [-0.05, 0) is 301 Å². The second-order valence-corrected chi connectivity index (χ2v) is 33.5. The Morgan fingerprint density at radius 2 is 0.629 bits per heavy atom. The maximum absolute atomic E-state index is 2.52. The van der Waals surface area contributed by atoms with E-state index in [1.165, 1.54) is 181 Å². The Labute approximate surface area is 618 Å². The highest BCUT2D eigenvalue weighted by atomic mass is 15.1. The van der Waals surface area contributed by atoms with Crippen molar-refractivity contribution in [1.29, 1.82) is 0 Å².